The van der Waals surface area contributed by atoms with E-state index in [9.17, 15) is 9.90 Å². The zero-order chi connectivity index (χ0) is 12.8. The van der Waals surface area contributed by atoms with Gasteiger partial charge in [0, 0.05) is 6.42 Å². The summed E-state index contributed by atoms with van der Waals surface area (Å²) in [4.78, 5) is 11.8. The predicted octanol–water partition coefficient (Wildman–Crippen LogP) is 3.10. The van der Waals surface area contributed by atoms with E-state index in [1.807, 2.05) is 20.8 Å². The number of rotatable bonds is 1. The second kappa shape index (κ2) is 4.24. The van der Waals surface area contributed by atoms with Gasteiger partial charge in [0.1, 0.15) is 0 Å². The zero-order valence-corrected chi connectivity index (χ0v) is 11.4. The van der Waals surface area contributed by atoms with Crippen LogP contribution in [0, 0.1) is 17.8 Å². The maximum Gasteiger partial charge on any atom is 0.159 e. The van der Waals surface area contributed by atoms with E-state index < -0.39 is 5.60 Å². The number of carbonyl (C=O) groups is 1. The highest BCUT2D eigenvalue weighted by molar-refractivity contribution is 5.98. The first-order valence-electron chi connectivity index (χ1n) is 6.76. The third-order valence-electron chi connectivity index (χ3n) is 4.88. The van der Waals surface area contributed by atoms with Gasteiger partial charge in [-0.05, 0) is 63.4 Å². The van der Waals surface area contributed by atoms with Crippen LogP contribution in [0.5, 0.6) is 0 Å². The van der Waals surface area contributed by atoms with Crippen LogP contribution in [0.4, 0.5) is 0 Å². The molecule has 0 radical (unpaired) electrons. The molecule has 96 valence electrons. The van der Waals surface area contributed by atoms with Gasteiger partial charge in [-0.15, -0.1) is 0 Å². The molecule has 2 rings (SSSR count). The van der Waals surface area contributed by atoms with Crippen molar-refractivity contribution in [2.75, 3.05) is 0 Å². The lowest BCUT2D eigenvalue weighted by molar-refractivity contribution is -0.115. The fraction of sp³-hybridized carbons (Fsp3) is 0.800. The average Bonchev–Trinajstić information content (AvgIpc) is 2.40. The molecule has 0 aromatic carbocycles. The summed E-state index contributed by atoms with van der Waals surface area (Å²) in [6, 6.07) is 0. The molecule has 2 heteroatoms. The van der Waals surface area contributed by atoms with Crippen LogP contribution < -0.4 is 0 Å². The maximum atomic E-state index is 11.8. The average molecular weight is 236 g/mol. The van der Waals surface area contributed by atoms with E-state index in [4.69, 9.17) is 0 Å². The number of allylic oxidation sites excluding steroid dienone is 2. The van der Waals surface area contributed by atoms with Crippen LogP contribution in [0.25, 0.3) is 0 Å². The predicted molar refractivity (Wildman–Crippen MR) is 68.6 cm³/mol. The molecule has 0 bridgehead atoms. The Hall–Kier alpha value is -0.630. The van der Waals surface area contributed by atoms with Gasteiger partial charge in [-0.2, -0.15) is 0 Å². The van der Waals surface area contributed by atoms with Crippen LogP contribution in [0.1, 0.15) is 53.4 Å². The first-order chi connectivity index (χ1) is 7.80. The molecule has 0 aliphatic heterocycles. The molecule has 1 fully saturated rings. The van der Waals surface area contributed by atoms with E-state index in [0.717, 1.165) is 24.8 Å². The van der Waals surface area contributed by atoms with Gasteiger partial charge >= 0.3 is 0 Å². The molecular formula is C15H24O2. The van der Waals surface area contributed by atoms with Crippen molar-refractivity contribution < 1.29 is 9.90 Å². The lowest BCUT2D eigenvalue weighted by Crippen LogP contribution is -2.30. The molecule has 0 amide bonds. The summed E-state index contributed by atoms with van der Waals surface area (Å²) in [6.45, 7) is 8.02. The number of hydrogen-bond acceptors (Lipinski definition) is 2. The second-order valence-electron chi connectivity index (χ2n) is 6.49. The van der Waals surface area contributed by atoms with Crippen LogP contribution in [-0.4, -0.2) is 16.5 Å². The number of fused-ring (bicyclic) bond motifs is 1. The minimum atomic E-state index is -0.631. The van der Waals surface area contributed by atoms with Gasteiger partial charge in [0.25, 0.3) is 0 Å². The van der Waals surface area contributed by atoms with Gasteiger partial charge in [-0.25, -0.2) is 0 Å². The summed E-state index contributed by atoms with van der Waals surface area (Å²) in [7, 11) is 0. The van der Waals surface area contributed by atoms with Gasteiger partial charge < -0.3 is 5.11 Å². The molecule has 0 unspecified atom stereocenters. The minimum absolute atomic E-state index is 0.297. The monoisotopic (exact) mass is 236 g/mol. The van der Waals surface area contributed by atoms with Gasteiger partial charge in [0.2, 0.25) is 0 Å². The van der Waals surface area contributed by atoms with Crippen molar-refractivity contribution in [1.82, 2.24) is 0 Å². The molecule has 0 heterocycles. The summed E-state index contributed by atoms with van der Waals surface area (Å²) >= 11 is 0. The summed E-state index contributed by atoms with van der Waals surface area (Å²) in [5, 5.41) is 10.2. The van der Waals surface area contributed by atoms with E-state index in [-0.39, 0.29) is 0 Å². The molecule has 0 saturated heterocycles. The normalized spacial score (nSPS) is 34.9. The third kappa shape index (κ3) is 2.33. The van der Waals surface area contributed by atoms with Gasteiger partial charge in [-0.3, -0.25) is 4.79 Å². The van der Waals surface area contributed by atoms with Crippen LogP contribution in [-0.2, 0) is 4.79 Å². The Bertz CT molecular complexity index is 360. The molecule has 2 aliphatic carbocycles. The molecular weight excluding hydrogens is 212 g/mol. The van der Waals surface area contributed by atoms with E-state index in [1.165, 1.54) is 5.57 Å². The van der Waals surface area contributed by atoms with Crippen molar-refractivity contribution in [3.8, 4) is 0 Å². The Labute approximate surface area is 104 Å². The molecule has 0 spiro atoms. The standard InChI is InChI=1S/C15H24O2/c1-9-5-6-11(15(3,4)17)7-13-10(2)14(16)8-12(9)13/h9,11-12,17H,5-8H2,1-4H3/t9-,11-,12-/m0/s1. The van der Waals surface area contributed by atoms with Crippen LogP contribution in [0.15, 0.2) is 11.1 Å². The molecule has 17 heavy (non-hydrogen) atoms. The molecule has 2 nitrogen and oxygen atoms in total. The highest BCUT2D eigenvalue weighted by Crippen LogP contribution is 2.45. The number of hydrogen-bond donors (Lipinski definition) is 1. The molecule has 1 N–H and O–H groups in total. The van der Waals surface area contributed by atoms with Crippen LogP contribution in [0.2, 0.25) is 0 Å². The highest BCUT2D eigenvalue weighted by Gasteiger charge is 2.39. The van der Waals surface area contributed by atoms with Crippen molar-refractivity contribution in [2.24, 2.45) is 17.8 Å². The largest absolute Gasteiger partial charge is 0.390 e. The Morgan fingerprint density at radius 3 is 2.47 bits per heavy atom. The van der Waals surface area contributed by atoms with E-state index in [0.29, 0.717) is 30.0 Å². The Balaban J connectivity index is 2.31. The maximum absolute atomic E-state index is 11.8. The first-order valence-corrected chi connectivity index (χ1v) is 6.76. The third-order valence-corrected chi connectivity index (χ3v) is 4.88. The zero-order valence-electron chi connectivity index (χ0n) is 11.4. The Kier molecular flexibility index (Phi) is 3.19. The van der Waals surface area contributed by atoms with E-state index in [2.05, 4.69) is 6.92 Å². The van der Waals surface area contributed by atoms with Crippen molar-refractivity contribution >= 4 is 5.78 Å². The lowest BCUT2D eigenvalue weighted by atomic mass is 9.82. The molecule has 0 aromatic heterocycles. The fourth-order valence-corrected chi connectivity index (χ4v) is 3.42. The minimum Gasteiger partial charge on any atom is -0.390 e. The van der Waals surface area contributed by atoms with E-state index >= 15 is 0 Å². The highest BCUT2D eigenvalue weighted by atomic mass is 16.3. The van der Waals surface area contributed by atoms with Gasteiger partial charge in [0.05, 0.1) is 5.60 Å². The van der Waals surface area contributed by atoms with Crippen LogP contribution >= 0.6 is 0 Å². The van der Waals surface area contributed by atoms with E-state index in [1.54, 1.807) is 0 Å². The SMILES string of the molecule is CC1=C2C[C@@H](C(C)(C)O)CC[C@H](C)[C@@H]2CC1=O. The fourth-order valence-electron chi connectivity index (χ4n) is 3.42. The summed E-state index contributed by atoms with van der Waals surface area (Å²) < 4.78 is 0. The summed E-state index contributed by atoms with van der Waals surface area (Å²) in [5.74, 6) is 1.66. The smallest absolute Gasteiger partial charge is 0.159 e. The molecule has 1 saturated carbocycles. The van der Waals surface area contributed by atoms with Gasteiger partial charge in [0.15, 0.2) is 5.78 Å². The quantitative estimate of drug-likeness (QED) is 0.759. The number of Topliss-reactive ketones (excluding diaryl/α,β-unsaturated/α-hetero) is 1. The van der Waals surface area contributed by atoms with Crippen LogP contribution in [0.3, 0.4) is 0 Å². The van der Waals surface area contributed by atoms with Crippen molar-refractivity contribution in [1.29, 1.82) is 0 Å². The van der Waals surface area contributed by atoms with Gasteiger partial charge in [-0.1, -0.05) is 12.5 Å². The Morgan fingerprint density at radius 1 is 1.24 bits per heavy atom. The van der Waals surface area contributed by atoms with Crippen molar-refractivity contribution in [3.05, 3.63) is 11.1 Å². The molecule has 0 aromatic rings. The number of aliphatic hydroxyl groups is 1. The van der Waals surface area contributed by atoms with Crippen molar-refractivity contribution in [2.45, 2.75) is 59.0 Å². The number of carbonyl (C=O) groups excluding carboxylic acids is 1. The Morgan fingerprint density at radius 2 is 1.88 bits per heavy atom. The topological polar surface area (TPSA) is 37.3 Å². The second-order valence-corrected chi connectivity index (χ2v) is 6.49. The first kappa shape index (κ1) is 12.8. The number of ketones is 1. The molecule has 2 aliphatic rings. The summed E-state index contributed by atoms with van der Waals surface area (Å²) in [6.07, 6.45) is 3.83. The molecule has 3 atom stereocenters. The van der Waals surface area contributed by atoms with Crippen molar-refractivity contribution in [3.63, 3.8) is 0 Å². The lowest BCUT2D eigenvalue weighted by Gasteiger charge is -2.29. The summed E-state index contributed by atoms with van der Waals surface area (Å²) in [5.41, 5.74) is 1.69.